The Morgan fingerprint density at radius 1 is 1.14 bits per heavy atom. The van der Waals surface area contributed by atoms with Crippen LogP contribution in [0.25, 0.3) is 0 Å². The molecule has 0 radical (unpaired) electrons. The lowest BCUT2D eigenvalue weighted by atomic mass is 9.77. The minimum Gasteiger partial charge on any atom is -0.378 e. The van der Waals surface area contributed by atoms with E-state index < -0.39 is 0 Å². The Bertz CT molecular complexity index is 725. The summed E-state index contributed by atoms with van der Waals surface area (Å²) < 4.78 is 13.6. The van der Waals surface area contributed by atoms with Crippen LogP contribution in [0.1, 0.15) is 29.5 Å². The second-order valence-electron chi connectivity index (χ2n) is 5.76. The Kier molecular flexibility index (Phi) is 3.00. The number of anilines is 1. The van der Waals surface area contributed by atoms with Crippen LogP contribution in [0, 0.1) is 11.7 Å². The van der Waals surface area contributed by atoms with Crippen molar-refractivity contribution in [1.29, 1.82) is 0 Å². The van der Waals surface area contributed by atoms with Gasteiger partial charge in [-0.25, -0.2) is 4.39 Å². The molecule has 2 aromatic rings. The predicted molar refractivity (Wildman–Crippen MR) is 84.2 cm³/mol. The van der Waals surface area contributed by atoms with Crippen LogP contribution >= 0.6 is 11.6 Å². The third-order valence-corrected chi connectivity index (χ3v) is 4.77. The third kappa shape index (κ3) is 2.14. The molecule has 3 heteroatoms. The largest absolute Gasteiger partial charge is 0.378 e. The summed E-state index contributed by atoms with van der Waals surface area (Å²) in [5, 5.41) is 4.34. The van der Waals surface area contributed by atoms with Crippen molar-refractivity contribution >= 4 is 17.3 Å². The Morgan fingerprint density at radius 2 is 2.05 bits per heavy atom. The van der Waals surface area contributed by atoms with Gasteiger partial charge in [0.25, 0.3) is 0 Å². The molecular weight excluding hydrogens is 285 g/mol. The fourth-order valence-electron chi connectivity index (χ4n) is 3.60. The quantitative estimate of drug-likeness (QED) is 0.704. The Morgan fingerprint density at radius 3 is 2.90 bits per heavy atom. The molecule has 1 N–H and O–H groups in total. The second kappa shape index (κ2) is 4.88. The molecule has 1 aliphatic carbocycles. The van der Waals surface area contributed by atoms with Crippen LogP contribution in [-0.4, -0.2) is 0 Å². The number of rotatable bonds is 1. The highest BCUT2D eigenvalue weighted by Gasteiger charge is 2.37. The molecule has 0 aromatic heterocycles. The number of allylic oxidation sites excluding steroid dienone is 2. The number of fused-ring (bicyclic) bond motifs is 3. The molecule has 0 unspecified atom stereocenters. The van der Waals surface area contributed by atoms with E-state index in [2.05, 4.69) is 17.5 Å². The number of hydrogen-bond acceptors (Lipinski definition) is 1. The first-order valence-corrected chi connectivity index (χ1v) is 7.58. The van der Waals surface area contributed by atoms with E-state index in [9.17, 15) is 4.39 Å². The Labute approximate surface area is 128 Å². The van der Waals surface area contributed by atoms with E-state index in [0.29, 0.717) is 11.8 Å². The van der Waals surface area contributed by atoms with Crippen LogP contribution in [0.3, 0.4) is 0 Å². The molecule has 0 spiro atoms. The average molecular weight is 300 g/mol. The van der Waals surface area contributed by atoms with Crippen LogP contribution in [0.15, 0.2) is 54.6 Å². The fourth-order valence-corrected chi connectivity index (χ4v) is 3.78. The summed E-state index contributed by atoms with van der Waals surface area (Å²) in [5.74, 6) is 0.588. The van der Waals surface area contributed by atoms with E-state index in [4.69, 9.17) is 11.6 Å². The third-order valence-electron chi connectivity index (χ3n) is 4.53. The monoisotopic (exact) mass is 299 g/mol. The molecule has 0 saturated carbocycles. The van der Waals surface area contributed by atoms with Crippen LogP contribution in [0.2, 0.25) is 5.02 Å². The van der Waals surface area contributed by atoms with Gasteiger partial charge in [-0.2, -0.15) is 0 Å². The maximum absolute atomic E-state index is 13.6. The van der Waals surface area contributed by atoms with E-state index in [1.54, 1.807) is 12.1 Å². The molecule has 4 rings (SSSR count). The van der Waals surface area contributed by atoms with Crippen molar-refractivity contribution in [3.05, 3.63) is 76.6 Å². The highest BCUT2D eigenvalue weighted by molar-refractivity contribution is 6.30. The molecule has 106 valence electrons. The average Bonchev–Trinajstić information content (AvgIpc) is 2.96. The molecule has 21 heavy (non-hydrogen) atoms. The van der Waals surface area contributed by atoms with Crippen LogP contribution < -0.4 is 5.32 Å². The molecule has 1 heterocycles. The van der Waals surface area contributed by atoms with Crippen molar-refractivity contribution < 1.29 is 4.39 Å². The molecule has 2 aliphatic rings. The lowest BCUT2D eigenvalue weighted by molar-refractivity contribution is 0.424. The summed E-state index contributed by atoms with van der Waals surface area (Å²) in [4.78, 5) is 0. The number of hydrogen-bond donors (Lipinski definition) is 1. The number of nitrogens with one attached hydrogen (secondary N) is 1. The van der Waals surface area contributed by atoms with E-state index in [1.165, 1.54) is 11.6 Å². The first-order valence-electron chi connectivity index (χ1n) is 7.20. The van der Waals surface area contributed by atoms with Gasteiger partial charge in [-0.1, -0.05) is 35.9 Å². The van der Waals surface area contributed by atoms with Gasteiger partial charge < -0.3 is 5.32 Å². The van der Waals surface area contributed by atoms with Crippen LogP contribution in [0.5, 0.6) is 0 Å². The van der Waals surface area contributed by atoms with E-state index in [1.807, 2.05) is 24.3 Å². The van der Waals surface area contributed by atoms with Crippen molar-refractivity contribution in [2.75, 3.05) is 5.32 Å². The van der Waals surface area contributed by atoms with Gasteiger partial charge in [-0.15, -0.1) is 0 Å². The summed E-state index contributed by atoms with van der Waals surface area (Å²) in [6.07, 6.45) is 5.48. The summed E-state index contributed by atoms with van der Waals surface area (Å²) in [7, 11) is 0. The van der Waals surface area contributed by atoms with Gasteiger partial charge in [-0.05, 0) is 53.8 Å². The van der Waals surface area contributed by atoms with Crippen molar-refractivity contribution in [3.63, 3.8) is 0 Å². The fraction of sp³-hybridized carbons (Fsp3) is 0.222. The summed E-state index contributed by atoms with van der Waals surface area (Å²) in [6.45, 7) is 0. The normalized spacial score (nSPS) is 26.1. The molecular formula is C18H15ClFN. The van der Waals surface area contributed by atoms with Gasteiger partial charge in [0.2, 0.25) is 0 Å². The maximum Gasteiger partial charge on any atom is 0.123 e. The van der Waals surface area contributed by atoms with Gasteiger partial charge in [0.15, 0.2) is 0 Å². The highest BCUT2D eigenvalue weighted by Crippen LogP contribution is 2.50. The van der Waals surface area contributed by atoms with Crippen molar-refractivity contribution in [1.82, 2.24) is 0 Å². The van der Waals surface area contributed by atoms with Gasteiger partial charge in [0.1, 0.15) is 5.82 Å². The molecule has 1 aliphatic heterocycles. The molecule has 0 saturated heterocycles. The maximum atomic E-state index is 13.6. The van der Waals surface area contributed by atoms with Crippen molar-refractivity contribution in [2.45, 2.75) is 18.4 Å². The van der Waals surface area contributed by atoms with Gasteiger partial charge in [0.05, 0.1) is 6.04 Å². The minimum absolute atomic E-state index is 0.134. The smallest absolute Gasteiger partial charge is 0.123 e. The first-order chi connectivity index (χ1) is 10.2. The van der Waals surface area contributed by atoms with E-state index in [-0.39, 0.29) is 11.9 Å². The highest BCUT2D eigenvalue weighted by atomic mass is 35.5. The molecule has 0 amide bonds. The zero-order valence-electron chi connectivity index (χ0n) is 11.4. The molecule has 3 atom stereocenters. The SMILES string of the molecule is Fc1cccc([C@@H]2Nc3ccc(Cl)cc3[C@H]3C=CC[C@H]32)c1. The molecule has 0 bridgehead atoms. The first kappa shape index (κ1) is 12.9. The van der Waals surface area contributed by atoms with Crippen LogP contribution in [0.4, 0.5) is 10.1 Å². The number of halogens is 2. The van der Waals surface area contributed by atoms with Crippen LogP contribution in [-0.2, 0) is 0 Å². The van der Waals surface area contributed by atoms with Gasteiger partial charge in [0, 0.05) is 16.6 Å². The molecule has 1 nitrogen and oxygen atoms in total. The standard InChI is InChI=1S/C18H15ClFN/c19-12-7-8-17-16(10-12)14-5-2-6-15(14)18(21-17)11-3-1-4-13(20)9-11/h1-5,7-10,14-15,18,21H,6H2/t14-,15+,18-/m0/s1. The Balaban J connectivity index is 1.80. The van der Waals surface area contributed by atoms with E-state index in [0.717, 1.165) is 22.7 Å². The van der Waals surface area contributed by atoms with Crippen molar-refractivity contribution in [2.24, 2.45) is 5.92 Å². The Hall–Kier alpha value is -1.80. The lowest BCUT2D eigenvalue weighted by Crippen LogP contribution is -2.29. The lowest BCUT2D eigenvalue weighted by Gasteiger charge is -2.37. The topological polar surface area (TPSA) is 12.0 Å². The van der Waals surface area contributed by atoms with Gasteiger partial charge >= 0.3 is 0 Å². The minimum atomic E-state index is -0.182. The zero-order valence-corrected chi connectivity index (χ0v) is 12.1. The number of benzene rings is 2. The molecule has 0 fully saturated rings. The summed E-state index contributed by atoms with van der Waals surface area (Å²) in [6, 6.07) is 13.0. The summed E-state index contributed by atoms with van der Waals surface area (Å²) >= 11 is 6.14. The molecule has 2 aromatic carbocycles. The zero-order chi connectivity index (χ0) is 14.4. The van der Waals surface area contributed by atoms with Crippen molar-refractivity contribution in [3.8, 4) is 0 Å². The second-order valence-corrected chi connectivity index (χ2v) is 6.20. The summed E-state index contributed by atoms with van der Waals surface area (Å²) in [5.41, 5.74) is 3.35. The van der Waals surface area contributed by atoms with E-state index >= 15 is 0 Å². The predicted octanol–water partition coefficient (Wildman–Crippen LogP) is 5.31. The van der Waals surface area contributed by atoms with Gasteiger partial charge in [-0.3, -0.25) is 0 Å².